The lowest BCUT2D eigenvalue weighted by Crippen LogP contribution is -2.29. The van der Waals surface area contributed by atoms with E-state index >= 15 is 0 Å². The first-order valence-electron chi connectivity index (χ1n) is 8.16. The van der Waals surface area contributed by atoms with Crippen LogP contribution in [0.1, 0.15) is 23.0 Å². The van der Waals surface area contributed by atoms with Crippen LogP contribution >= 0.6 is 0 Å². The number of carbonyl (C=O) groups is 3. The highest BCUT2D eigenvalue weighted by atomic mass is 16.2. The van der Waals surface area contributed by atoms with Gasteiger partial charge in [-0.3, -0.25) is 19.4 Å². The van der Waals surface area contributed by atoms with E-state index in [0.717, 1.165) is 5.69 Å². The van der Waals surface area contributed by atoms with Gasteiger partial charge in [-0.15, -0.1) is 0 Å². The molecule has 25 heavy (non-hydrogen) atoms. The number of hydrogen-bond acceptors (Lipinski definition) is 4. The number of carbonyl (C=O) groups excluding carboxylic acids is 3. The molecule has 1 aromatic heterocycles. The van der Waals surface area contributed by atoms with E-state index in [2.05, 4.69) is 15.6 Å². The number of anilines is 1. The Hall–Kier alpha value is -3.02. The van der Waals surface area contributed by atoms with Crippen molar-refractivity contribution in [1.82, 2.24) is 10.3 Å². The molecule has 2 N–H and O–H groups in total. The van der Waals surface area contributed by atoms with Gasteiger partial charge in [0.1, 0.15) is 0 Å². The Morgan fingerprint density at radius 1 is 1.20 bits per heavy atom. The smallest absolute Gasteiger partial charge is 0.229 e. The maximum absolute atomic E-state index is 13.0. The number of Topliss-reactive ketones (excluding diaryl/α,β-unsaturated/α-hetero) is 1. The predicted octanol–water partition coefficient (Wildman–Crippen LogP) is 1.79. The Labute approximate surface area is 144 Å². The molecule has 1 saturated carbocycles. The van der Waals surface area contributed by atoms with Gasteiger partial charge in [-0.25, -0.2) is 0 Å². The van der Waals surface area contributed by atoms with Gasteiger partial charge >= 0.3 is 0 Å². The molecule has 0 spiro atoms. The summed E-state index contributed by atoms with van der Waals surface area (Å²) in [7, 11) is 0. The summed E-state index contributed by atoms with van der Waals surface area (Å²) in [5, 5.41) is 5.57. The van der Waals surface area contributed by atoms with Gasteiger partial charge in [-0.05, 0) is 24.3 Å². The molecule has 6 heteroatoms. The second-order valence-corrected chi connectivity index (χ2v) is 6.64. The molecular weight excluding hydrogens is 318 g/mol. The molecule has 2 aliphatic rings. The number of pyridine rings is 1. The van der Waals surface area contributed by atoms with Crippen LogP contribution in [0, 0.1) is 17.3 Å². The van der Waals surface area contributed by atoms with Gasteiger partial charge in [0.2, 0.25) is 11.8 Å². The number of amides is 2. The van der Waals surface area contributed by atoms with Crippen LogP contribution in [0.25, 0.3) is 0 Å². The molecule has 1 aromatic carbocycles. The van der Waals surface area contributed by atoms with Crippen LogP contribution in [0.2, 0.25) is 0 Å². The van der Waals surface area contributed by atoms with Crippen molar-refractivity contribution in [2.75, 3.05) is 5.32 Å². The van der Waals surface area contributed by atoms with Crippen molar-refractivity contribution >= 4 is 23.3 Å². The summed E-state index contributed by atoms with van der Waals surface area (Å²) >= 11 is 0. The standard InChI is InChI=1S/C19H17N3O3/c1-19-14(17(24)21-10-11-6-4-5-9-20-11)15(19)18(25)22-13-8-3-2-7-12(13)16(19)23/h2-9,14-15H,10H2,1H3,(H,21,24)(H,22,25)/t14-,15+,19+/m0/s1. The first-order valence-corrected chi connectivity index (χ1v) is 8.16. The summed E-state index contributed by atoms with van der Waals surface area (Å²) < 4.78 is 0. The van der Waals surface area contributed by atoms with E-state index in [9.17, 15) is 14.4 Å². The molecule has 0 unspecified atom stereocenters. The second kappa shape index (κ2) is 5.51. The maximum atomic E-state index is 13.0. The van der Waals surface area contributed by atoms with Crippen LogP contribution < -0.4 is 10.6 Å². The highest BCUT2D eigenvalue weighted by molar-refractivity contribution is 6.19. The number of benzene rings is 1. The predicted molar refractivity (Wildman–Crippen MR) is 90.6 cm³/mol. The fourth-order valence-corrected chi connectivity index (χ4v) is 3.72. The second-order valence-electron chi connectivity index (χ2n) is 6.64. The quantitative estimate of drug-likeness (QED) is 0.895. The molecule has 2 aromatic rings. The molecule has 126 valence electrons. The van der Waals surface area contributed by atoms with Crippen molar-refractivity contribution in [3.8, 4) is 0 Å². The van der Waals surface area contributed by atoms with Crippen molar-refractivity contribution in [3.63, 3.8) is 0 Å². The van der Waals surface area contributed by atoms with Crippen LogP contribution in [-0.4, -0.2) is 22.6 Å². The van der Waals surface area contributed by atoms with Crippen molar-refractivity contribution in [3.05, 3.63) is 59.9 Å². The Kier molecular flexibility index (Phi) is 3.42. The van der Waals surface area contributed by atoms with Crippen LogP contribution in [0.15, 0.2) is 48.7 Å². The van der Waals surface area contributed by atoms with E-state index in [1.54, 1.807) is 49.5 Å². The minimum Gasteiger partial charge on any atom is -0.350 e. The first-order chi connectivity index (χ1) is 12.0. The molecule has 1 fully saturated rings. The van der Waals surface area contributed by atoms with Crippen LogP contribution in [0.4, 0.5) is 5.69 Å². The Bertz CT molecular complexity index is 880. The third-order valence-electron chi connectivity index (χ3n) is 5.17. The molecule has 0 radical (unpaired) electrons. The van der Waals surface area contributed by atoms with Crippen LogP contribution in [-0.2, 0) is 16.1 Å². The van der Waals surface area contributed by atoms with Crippen LogP contribution in [0.3, 0.4) is 0 Å². The maximum Gasteiger partial charge on any atom is 0.229 e. The lowest BCUT2D eigenvalue weighted by atomic mass is 9.92. The van der Waals surface area contributed by atoms with Crippen molar-refractivity contribution in [2.45, 2.75) is 13.5 Å². The van der Waals surface area contributed by atoms with E-state index in [0.29, 0.717) is 11.3 Å². The Balaban J connectivity index is 1.57. The fourth-order valence-electron chi connectivity index (χ4n) is 3.72. The van der Waals surface area contributed by atoms with Gasteiger partial charge in [0.15, 0.2) is 5.78 Å². The third kappa shape index (κ3) is 2.33. The lowest BCUT2D eigenvalue weighted by molar-refractivity contribution is -0.125. The molecule has 6 nitrogen and oxygen atoms in total. The number of fused-ring (bicyclic) bond motifs is 2. The van der Waals surface area contributed by atoms with Crippen molar-refractivity contribution in [1.29, 1.82) is 0 Å². The van der Waals surface area contributed by atoms with Gasteiger partial charge in [-0.1, -0.05) is 25.1 Å². The number of ketones is 1. The largest absolute Gasteiger partial charge is 0.350 e. The first kappa shape index (κ1) is 15.5. The Morgan fingerprint density at radius 2 is 1.96 bits per heavy atom. The summed E-state index contributed by atoms with van der Waals surface area (Å²) in [6.07, 6.45) is 1.65. The molecule has 0 bridgehead atoms. The highest BCUT2D eigenvalue weighted by Crippen LogP contribution is 2.62. The van der Waals surface area contributed by atoms with Crippen molar-refractivity contribution in [2.24, 2.45) is 17.3 Å². The Morgan fingerprint density at radius 3 is 2.72 bits per heavy atom. The molecule has 0 saturated heterocycles. The molecule has 3 atom stereocenters. The number of nitrogens with zero attached hydrogens (tertiary/aromatic N) is 1. The van der Waals surface area contributed by atoms with E-state index < -0.39 is 17.3 Å². The van der Waals surface area contributed by atoms with Gasteiger partial charge in [0, 0.05) is 11.8 Å². The molecule has 2 amide bonds. The van der Waals surface area contributed by atoms with Crippen LogP contribution in [0.5, 0.6) is 0 Å². The topological polar surface area (TPSA) is 88.2 Å². The van der Waals surface area contributed by atoms with E-state index in [-0.39, 0.29) is 24.1 Å². The molecule has 1 aliphatic heterocycles. The average molecular weight is 335 g/mol. The van der Waals surface area contributed by atoms with Crippen molar-refractivity contribution < 1.29 is 14.4 Å². The fraction of sp³-hybridized carbons (Fsp3) is 0.263. The zero-order valence-corrected chi connectivity index (χ0v) is 13.7. The van der Waals surface area contributed by atoms with Gasteiger partial charge in [-0.2, -0.15) is 0 Å². The SMILES string of the molecule is C[C@]12C(=O)c3ccccc3NC(=O)[C@H]1[C@H]2C(=O)NCc1ccccn1. The van der Waals surface area contributed by atoms with Gasteiger partial charge < -0.3 is 10.6 Å². The summed E-state index contributed by atoms with van der Waals surface area (Å²) in [5.74, 6) is -2.03. The summed E-state index contributed by atoms with van der Waals surface area (Å²) in [6, 6.07) is 12.4. The third-order valence-corrected chi connectivity index (χ3v) is 5.17. The molecule has 1 aliphatic carbocycles. The molecule has 4 rings (SSSR count). The normalized spacial score (nSPS) is 26.8. The number of rotatable bonds is 3. The van der Waals surface area contributed by atoms with E-state index in [4.69, 9.17) is 0 Å². The van der Waals surface area contributed by atoms with Gasteiger partial charge in [0.05, 0.1) is 35.2 Å². The zero-order chi connectivity index (χ0) is 17.6. The molecule has 2 heterocycles. The number of nitrogens with one attached hydrogen (secondary N) is 2. The van der Waals surface area contributed by atoms with E-state index in [1.165, 1.54) is 0 Å². The van der Waals surface area contributed by atoms with E-state index in [1.807, 2.05) is 6.07 Å². The van der Waals surface area contributed by atoms with Gasteiger partial charge in [0.25, 0.3) is 0 Å². The number of aromatic nitrogens is 1. The summed E-state index contributed by atoms with van der Waals surface area (Å²) in [4.78, 5) is 42.2. The lowest BCUT2D eigenvalue weighted by Gasteiger charge is -2.12. The summed E-state index contributed by atoms with van der Waals surface area (Å²) in [6.45, 7) is 1.97. The monoisotopic (exact) mass is 335 g/mol. The summed E-state index contributed by atoms with van der Waals surface area (Å²) in [5.41, 5.74) is 0.702. The minimum absolute atomic E-state index is 0.163. The minimum atomic E-state index is -0.995. The molecular formula is C19H17N3O3. The number of hydrogen-bond donors (Lipinski definition) is 2. The zero-order valence-electron chi connectivity index (χ0n) is 13.7. The highest BCUT2D eigenvalue weighted by Gasteiger charge is 2.73. The number of para-hydroxylation sites is 1. The average Bonchev–Trinajstić information content (AvgIpc) is 3.28.